The van der Waals surface area contributed by atoms with E-state index < -0.39 is 0 Å². The Morgan fingerprint density at radius 1 is 0.611 bits per heavy atom. The molecule has 3 heteroatoms. The summed E-state index contributed by atoms with van der Waals surface area (Å²) in [5.41, 5.74) is 0. The highest BCUT2D eigenvalue weighted by Gasteiger charge is 1.92. The summed E-state index contributed by atoms with van der Waals surface area (Å²) in [4.78, 5) is 8.11. The third-order valence-corrected chi connectivity index (χ3v) is 3.21. The minimum absolute atomic E-state index is 1.25. The van der Waals surface area contributed by atoms with E-state index >= 15 is 0 Å². The van der Waals surface area contributed by atoms with Crippen molar-refractivity contribution >= 4 is 0 Å². The van der Waals surface area contributed by atoms with Crippen LogP contribution in [0.2, 0.25) is 0 Å². The summed E-state index contributed by atoms with van der Waals surface area (Å²) >= 11 is 0. The third-order valence-electron chi connectivity index (χ3n) is 3.21. The van der Waals surface area contributed by atoms with E-state index in [4.69, 9.17) is 10.1 Å². The molecule has 0 aromatic carbocycles. The average Bonchev–Trinajstić information content (AvgIpc) is 2.37. The van der Waals surface area contributed by atoms with Gasteiger partial charge in [-0.25, -0.2) is 0 Å². The van der Waals surface area contributed by atoms with Crippen LogP contribution in [0.3, 0.4) is 0 Å². The van der Waals surface area contributed by atoms with Crippen molar-refractivity contribution in [2.45, 2.75) is 97.3 Å². The lowest BCUT2D eigenvalue weighted by atomic mass is 10.1. The van der Waals surface area contributed by atoms with E-state index in [1.54, 1.807) is 0 Å². The highest BCUT2D eigenvalue weighted by atomic mass is 16.6. The second kappa shape index (κ2) is 21.7. The van der Waals surface area contributed by atoms with Crippen LogP contribution >= 0.6 is 0 Å². The minimum Gasteiger partial charge on any atom is -0.379 e. The molecule has 0 fully saturated rings. The summed E-state index contributed by atoms with van der Waals surface area (Å²) in [6.45, 7) is 4.58. The Bertz CT molecular complexity index is 128. The molecule has 0 unspecified atom stereocenters. The summed E-state index contributed by atoms with van der Waals surface area (Å²) in [6, 6.07) is 0. The Hall–Kier alpha value is -0.600. The summed E-state index contributed by atoms with van der Waals surface area (Å²) < 4.78 is 0. The van der Waals surface area contributed by atoms with Crippen molar-refractivity contribution in [2.75, 3.05) is 0 Å². The van der Waals surface area contributed by atoms with Gasteiger partial charge in [-0.2, -0.15) is 0 Å². The van der Waals surface area contributed by atoms with Crippen molar-refractivity contribution in [1.29, 1.82) is 0 Å². The molecule has 0 saturated carbocycles. The van der Waals surface area contributed by atoms with Crippen molar-refractivity contribution in [2.24, 2.45) is 5.34 Å². The number of hydrogen-bond acceptors (Lipinski definition) is 2. The maximum atomic E-state index is 8.11. The van der Waals surface area contributed by atoms with Gasteiger partial charge in [0.25, 0.3) is 0 Å². The van der Waals surface area contributed by atoms with E-state index in [1.165, 1.54) is 88.8 Å². The molecule has 110 valence electrons. The highest BCUT2D eigenvalue weighted by molar-refractivity contribution is 4.47. The van der Waals surface area contributed by atoms with E-state index in [9.17, 15) is 0 Å². The molecule has 0 heterocycles. The third kappa shape index (κ3) is 24.6. The fraction of sp³-hybridized carbons (Fsp3) is 1.00. The number of unbranched alkanes of at least 4 members (excludes halogenated alkanes) is 12. The van der Waals surface area contributed by atoms with Gasteiger partial charge in [0, 0.05) is 0 Å². The topological polar surface area (TPSA) is 49.7 Å². The smallest absolute Gasteiger partial charge is 0.152 e. The highest BCUT2D eigenvalue weighted by Crippen LogP contribution is 2.12. The predicted octanol–water partition coefficient (Wildman–Crippen LogP) is 6.24. The number of nitrogens with zero attached hydrogens (tertiary/aromatic N) is 1. The van der Waals surface area contributed by atoms with Gasteiger partial charge in [0.1, 0.15) is 0 Å². The maximum Gasteiger partial charge on any atom is 0.152 e. The first-order chi connectivity index (χ1) is 8.83. The van der Waals surface area contributed by atoms with E-state index in [0.717, 1.165) is 0 Å². The molecule has 0 radical (unpaired) electrons. The standard InChI is InChI=1S/C15H32.HNO2/c1-3-5-7-9-11-13-15-14-12-10-8-6-4-2;2-1-3/h3-15H2,1-2H3;(H,2,3). The molecule has 0 saturated heterocycles. The summed E-state index contributed by atoms with van der Waals surface area (Å²) in [7, 11) is 0. The molecule has 0 aliphatic carbocycles. The fourth-order valence-corrected chi connectivity index (χ4v) is 2.09. The first kappa shape index (κ1) is 19.7. The van der Waals surface area contributed by atoms with Crippen LogP contribution in [0.1, 0.15) is 97.3 Å². The van der Waals surface area contributed by atoms with Gasteiger partial charge < -0.3 is 5.21 Å². The molecule has 18 heavy (non-hydrogen) atoms. The Labute approximate surface area is 113 Å². The molecule has 1 N–H and O–H groups in total. The SMILES string of the molecule is CCCCCCCCCCCCCCC.O=NO. The van der Waals surface area contributed by atoms with Crippen LogP contribution in [0.15, 0.2) is 5.34 Å². The molecule has 0 spiro atoms. The van der Waals surface area contributed by atoms with Crippen molar-refractivity contribution < 1.29 is 5.21 Å². The second-order valence-corrected chi connectivity index (χ2v) is 4.97. The molecule has 3 nitrogen and oxygen atoms in total. The molecule has 0 aromatic heterocycles. The summed E-state index contributed by atoms with van der Waals surface area (Å²) in [6.07, 6.45) is 18.9. The van der Waals surface area contributed by atoms with E-state index in [0.29, 0.717) is 0 Å². The lowest BCUT2D eigenvalue weighted by Crippen LogP contribution is -1.82. The first-order valence-electron chi connectivity index (χ1n) is 7.80. The second-order valence-electron chi connectivity index (χ2n) is 4.97. The monoisotopic (exact) mass is 259 g/mol. The Morgan fingerprint density at radius 3 is 0.944 bits per heavy atom. The zero-order valence-electron chi connectivity index (χ0n) is 12.5. The summed E-state index contributed by atoms with van der Waals surface area (Å²) in [5.74, 6) is 0. The van der Waals surface area contributed by atoms with Crippen molar-refractivity contribution in [3.63, 3.8) is 0 Å². The van der Waals surface area contributed by atoms with Gasteiger partial charge in [-0.1, -0.05) is 97.3 Å². The number of rotatable bonds is 12. The Kier molecular flexibility index (Phi) is 23.7. The minimum atomic E-state index is 1.25. The van der Waals surface area contributed by atoms with Gasteiger partial charge in [-0.05, 0) is 0 Å². The Morgan fingerprint density at radius 2 is 0.778 bits per heavy atom. The van der Waals surface area contributed by atoms with Crippen molar-refractivity contribution in [3.8, 4) is 0 Å². The predicted molar refractivity (Wildman–Crippen MR) is 79.0 cm³/mol. The zero-order chi connectivity index (χ0) is 13.9. The van der Waals surface area contributed by atoms with Gasteiger partial charge in [-0.3, -0.25) is 0 Å². The molecular formula is C15H33NO2. The van der Waals surface area contributed by atoms with Crippen LogP contribution in [-0.2, 0) is 0 Å². The van der Waals surface area contributed by atoms with Crippen LogP contribution < -0.4 is 0 Å². The lowest BCUT2D eigenvalue weighted by molar-refractivity contribution is 0.312. The molecule has 0 aromatic rings. The van der Waals surface area contributed by atoms with Crippen LogP contribution in [-0.4, -0.2) is 5.21 Å². The lowest BCUT2D eigenvalue weighted by Gasteiger charge is -2.01. The molecule has 0 amide bonds. The van der Waals surface area contributed by atoms with E-state index in [1.807, 2.05) is 0 Å². The molecule has 0 rings (SSSR count). The van der Waals surface area contributed by atoms with Crippen LogP contribution in [0.25, 0.3) is 0 Å². The molecule has 0 aliphatic heterocycles. The largest absolute Gasteiger partial charge is 0.379 e. The maximum absolute atomic E-state index is 8.11. The van der Waals surface area contributed by atoms with Crippen molar-refractivity contribution in [1.82, 2.24) is 0 Å². The first-order valence-corrected chi connectivity index (χ1v) is 7.80. The molecular weight excluding hydrogens is 226 g/mol. The normalized spacial score (nSPS) is 9.67. The number of hydrogen-bond donors (Lipinski definition) is 1. The van der Waals surface area contributed by atoms with Crippen LogP contribution in [0.5, 0.6) is 0 Å². The Balaban J connectivity index is 0. The van der Waals surface area contributed by atoms with Gasteiger partial charge >= 0.3 is 0 Å². The van der Waals surface area contributed by atoms with Crippen LogP contribution in [0.4, 0.5) is 0 Å². The summed E-state index contributed by atoms with van der Waals surface area (Å²) in [5, 5.41) is 7.89. The zero-order valence-corrected chi connectivity index (χ0v) is 12.5. The van der Waals surface area contributed by atoms with Gasteiger partial charge in [-0.15, -0.1) is 4.91 Å². The van der Waals surface area contributed by atoms with Crippen LogP contribution in [0, 0.1) is 4.91 Å². The molecule has 0 atom stereocenters. The fourth-order valence-electron chi connectivity index (χ4n) is 2.09. The van der Waals surface area contributed by atoms with Crippen molar-refractivity contribution in [3.05, 3.63) is 4.91 Å². The average molecular weight is 259 g/mol. The van der Waals surface area contributed by atoms with E-state index in [2.05, 4.69) is 13.8 Å². The molecule has 0 bridgehead atoms. The molecule has 0 aliphatic rings. The quantitative estimate of drug-likeness (QED) is 0.256. The van der Waals surface area contributed by atoms with E-state index in [-0.39, 0.29) is 0 Å². The van der Waals surface area contributed by atoms with Gasteiger partial charge in [0.15, 0.2) is 5.34 Å². The van der Waals surface area contributed by atoms with Gasteiger partial charge in [0.2, 0.25) is 0 Å². The van der Waals surface area contributed by atoms with Gasteiger partial charge in [0.05, 0.1) is 0 Å².